The fourth-order valence-electron chi connectivity index (χ4n) is 2.34. The lowest BCUT2D eigenvalue weighted by atomic mass is 10.2. The van der Waals surface area contributed by atoms with Crippen LogP contribution in [-0.4, -0.2) is 35.8 Å². The molecule has 0 fully saturated rings. The number of carboxylic acid groups (broad SMARTS) is 1. The van der Waals surface area contributed by atoms with E-state index in [9.17, 15) is 14.7 Å². The second-order valence-corrected chi connectivity index (χ2v) is 6.58. The first-order chi connectivity index (χ1) is 11.8. The third kappa shape index (κ3) is 3.74. The molecule has 0 aliphatic carbocycles. The molecule has 0 saturated heterocycles. The Morgan fingerprint density at radius 3 is 2.40 bits per heavy atom. The molecule has 2 rings (SSSR count). The predicted molar refractivity (Wildman–Crippen MR) is 93.6 cm³/mol. The van der Waals surface area contributed by atoms with E-state index in [1.807, 2.05) is 13.8 Å². The van der Waals surface area contributed by atoms with E-state index in [-0.39, 0.29) is 0 Å². The van der Waals surface area contributed by atoms with Crippen LogP contribution in [0.25, 0.3) is 0 Å². The van der Waals surface area contributed by atoms with E-state index in [1.165, 1.54) is 25.6 Å². The first kappa shape index (κ1) is 18.7. The number of thiazole rings is 1. The second-order valence-electron chi connectivity index (χ2n) is 5.40. The molecule has 0 spiro atoms. The summed E-state index contributed by atoms with van der Waals surface area (Å²) in [5.74, 6) is -0.528. The fourth-order valence-corrected chi connectivity index (χ4v) is 3.38. The molecule has 134 valence electrons. The maximum absolute atomic E-state index is 12.5. The molecule has 1 unspecified atom stereocenters. The number of aryl methyl sites for hydroxylation is 1. The molecule has 1 aromatic heterocycles. The zero-order chi connectivity index (χ0) is 18.7. The summed E-state index contributed by atoms with van der Waals surface area (Å²) in [6, 6.07) is 3.94. The van der Waals surface area contributed by atoms with Crippen molar-refractivity contribution in [2.75, 3.05) is 14.2 Å². The summed E-state index contributed by atoms with van der Waals surface area (Å²) in [5, 5.41) is 9.30. The largest absolute Gasteiger partial charge is 0.493 e. The van der Waals surface area contributed by atoms with Crippen molar-refractivity contribution in [3.05, 3.63) is 39.1 Å². The van der Waals surface area contributed by atoms with Gasteiger partial charge in [0.1, 0.15) is 6.04 Å². The second kappa shape index (κ2) is 7.52. The van der Waals surface area contributed by atoms with Crippen LogP contribution in [-0.2, 0) is 4.79 Å². The first-order valence-corrected chi connectivity index (χ1v) is 8.34. The highest BCUT2D eigenvalue weighted by Crippen LogP contribution is 2.27. The summed E-state index contributed by atoms with van der Waals surface area (Å²) in [7, 11) is 2.99. The number of ether oxygens (including phenoxy) is 2. The number of carboxylic acids is 1. The van der Waals surface area contributed by atoms with Gasteiger partial charge in [-0.1, -0.05) is 0 Å². The Kier molecular flexibility index (Phi) is 5.63. The summed E-state index contributed by atoms with van der Waals surface area (Å²) in [4.78, 5) is 29.3. The number of hydrogen-bond donors (Lipinski definition) is 1. The van der Waals surface area contributed by atoms with Crippen LogP contribution in [0.1, 0.15) is 33.9 Å². The molecule has 1 N–H and O–H groups in total. The molecule has 0 bridgehead atoms. The quantitative estimate of drug-likeness (QED) is 0.881. The number of aromatic nitrogens is 1. The standard InChI is InChI=1S/C17H20N2O5S/c1-9-11(3)25-17(19(9)10(2)16(21)22)18-15(20)12-6-7-13(23-4)14(8-12)24-5/h6-8,10H,1-5H3,(H,21,22). The number of amides is 1. The van der Waals surface area contributed by atoms with Crippen LogP contribution in [0.5, 0.6) is 11.5 Å². The van der Waals surface area contributed by atoms with Crippen molar-refractivity contribution in [2.24, 2.45) is 4.99 Å². The molecule has 2 aromatic rings. The maximum Gasteiger partial charge on any atom is 0.326 e. The maximum atomic E-state index is 12.5. The van der Waals surface area contributed by atoms with E-state index in [1.54, 1.807) is 29.7 Å². The lowest BCUT2D eigenvalue weighted by Crippen LogP contribution is -2.26. The van der Waals surface area contributed by atoms with Gasteiger partial charge in [0.25, 0.3) is 5.91 Å². The van der Waals surface area contributed by atoms with Gasteiger partial charge >= 0.3 is 5.97 Å². The molecule has 0 aliphatic rings. The Bertz CT molecular complexity index is 882. The molecular formula is C17H20N2O5S. The van der Waals surface area contributed by atoms with Crippen LogP contribution in [0.4, 0.5) is 0 Å². The van der Waals surface area contributed by atoms with Gasteiger partial charge in [-0.2, -0.15) is 4.99 Å². The average Bonchev–Trinajstić information content (AvgIpc) is 2.87. The van der Waals surface area contributed by atoms with Gasteiger partial charge in [0.15, 0.2) is 16.3 Å². The van der Waals surface area contributed by atoms with Gasteiger partial charge in [-0.3, -0.25) is 4.79 Å². The summed E-state index contributed by atoms with van der Waals surface area (Å²) in [6.07, 6.45) is 0. The van der Waals surface area contributed by atoms with Gasteiger partial charge in [-0.15, -0.1) is 11.3 Å². The van der Waals surface area contributed by atoms with Gasteiger partial charge in [-0.05, 0) is 39.0 Å². The van der Waals surface area contributed by atoms with Crippen molar-refractivity contribution in [3.8, 4) is 11.5 Å². The highest BCUT2D eigenvalue weighted by atomic mass is 32.1. The smallest absolute Gasteiger partial charge is 0.326 e. The number of rotatable bonds is 5. The van der Waals surface area contributed by atoms with E-state index in [0.717, 1.165) is 10.6 Å². The number of methoxy groups -OCH3 is 2. The van der Waals surface area contributed by atoms with Crippen molar-refractivity contribution in [3.63, 3.8) is 0 Å². The average molecular weight is 364 g/mol. The van der Waals surface area contributed by atoms with Crippen LogP contribution in [0, 0.1) is 13.8 Å². The SMILES string of the molecule is COc1ccc(C(=O)N=c2sc(C)c(C)n2C(C)C(=O)O)cc1OC. The molecule has 7 nitrogen and oxygen atoms in total. The van der Waals surface area contributed by atoms with Crippen LogP contribution >= 0.6 is 11.3 Å². The van der Waals surface area contributed by atoms with Crippen molar-refractivity contribution >= 4 is 23.2 Å². The summed E-state index contributed by atoms with van der Waals surface area (Å²) in [5.41, 5.74) is 1.11. The molecule has 0 aliphatic heterocycles. The van der Waals surface area contributed by atoms with Crippen molar-refractivity contribution < 1.29 is 24.2 Å². The molecule has 1 atom stereocenters. The molecule has 1 aromatic carbocycles. The van der Waals surface area contributed by atoms with Gasteiger partial charge in [0, 0.05) is 16.1 Å². The zero-order valence-corrected chi connectivity index (χ0v) is 15.5. The molecule has 1 heterocycles. The highest BCUT2D eigenvalue weighted by molar-refractivity contribution is 7.09. The topological polar surface area (TPSA) is 90.1 Å². The number of carbonyl (C=O) groups excluding carboxylic acids is 1. The third-order valence-electron chi connectivity index (χ3n) is 3.89. The van der Waals surface area contributed by atoms with Crippen LogP contribution in [0.2, 0.25) is 0 Å². The fraction of sp³-hybridized carbons (Fsp3) is 0.353. The van der Waals surface area contributed by atoms with Crippen molar-refractivity contribution in [2.45, 2.75) is 26.8 Å². The lowest BCUT2D eigenvalue weighted by Gasteiger charge is -2.11. The van der Waals surface area contributed by atoms with Crippen LogP contribution in [0.15, 0.2) is 23.2 Å². The monoisotopic (exact) mass is 364 g/mol. The number of carbonyl (C=O) groups is 2. The lowest BCUT2D eigenvalue weighted by molar-refractivity contribution is -0.140. The van der Waals surface area contributed by atoms with Crippen LogP contribution < -0.4 is 14.3 Å². The molecular weight excluding hydrogens is 344 g/mol. The molecule has 0 radical (unpaired) electrons. The Morgan fingerprint density at radius 2 is 1.84 bits per heavy atom. The van der Waals surface area contributed by atoms with E-state index >= 15 is 0 Å². The predicted octanol–water partition coefficient (Wildman–Crippen LogP) is 2.57. The number of nitrogens with zero attached hydrogens (tertiary/aromatic N) is 2. The van der Waals surface area contributed by atoms with E-state index in [0.29, 0.717) is 21.9 Å². The summed E-state index contributed by atoms with van der Waals surface area (Å²) in [6.45, 7) is 5.23. The molecule has 25 heavy (non-hydrogen) atoms. The summed E-state index contributed by atoms with van der Waals surface area (Å²) >= 11 is 1.28. The van der Waals surface area contributed by atoms with E-state index in [2.05, 4.69) is 4.99 Å². The molecule has 1 amide bonds. The van der Waals surface area contributed by atoms with Crippen LogP contribution in [0.3, 0.4) is 0 Å². The van der Waals surface area contributed by atoms with E-state index in [4.69, 9.17) is 9.47 Å². The van der Waals surface area contributed by atoms with Gasteiger partial charge in [0.05, 0.1) is 14.2 Å². The van der Waals surface area contributed by atoms with Gasteiger partial charge in [0.2, 0.25) is 0 Å². The minimum Gasteiger partial charge on any atom is -0.493 e. The Morgan fingerprint density at radius 1 is 1.20 bits per heavy atom. The van der Waals surface area contributed by atoms with Crippen molar-refractivity contribution in [1.82, 2.24) is 4.57 Å². The van der Waals surface area contributed by atoms with Gasteiger partial charge < -0.3 is 19.1 Å². The summed E-state index contributed by atoms with van der Waals surface area (Å²) < 4.78 is 11.9. The molecule has 8 heteroatoms. The Balaban J connectivity index is 2.52. The highest BCUT2D eigenvalue weighted by Gasteiger charge is 2.19. The van der Waals surface area contributed by atoms with E-state index < -0.39 is 17.9 Å². The van der Waals surface area contributed by atoms with Crippen molar-refractivity contribution in [1.29, 1.82) is 0 Å². The zero-order valence-electron chi connectivity index (χ0n) is 14.7. The minimum atomic E-state index is -0.985. The Labute approximate surface area is 149 Å². The van der Waals surface area contributed by atoms with Gasteiger partial charge in [-0.25, -0.2) is 4.79 Å². The third-order valence-corrected chi connectivity index (χ3v) is 4.97. The number of benzene rings is 1. The Hall–Kier alpha value is -2.61. The molecule has 0 saturated carbocycles. The minimum absolute atomic E-state index is 0.330. The number of hydrogen-bond acceptors (Lipinski definition) is 5. The number of aliphatic carboxylic acids is 1. The first-order valence-electron chi connectivity index (χ1n) is 7.52. The normalized spacial score (nSPS) is 12.8.